The molecule has 5 saturated carbocycles. The Hall–Kier alpha value is -1.06. The van der Waals surface area contributed by atoms with Crippen molar-refractivity contribution in [2.24, 2.45) is 29.1 Å². The van der Waals surface area contributed by atoms with Crippen molar-refractivity contribution in [2.45, 2.75) is 82.7 Å². The second-order valence-electron chi connectivity index (χ2n) is 9.28. The summed E-state index contributed by atoms with van der Waals surface area (Å²) < 4.78 is 0. The molecule has 5 fully saturated rings. The van der Waals surface area contributed by atoms with Gasteiger partial charge in [0.2, 0.25) is 11.8 Å². The van der Waals surface area contributed by atoms with Crippen molar-refractivity contribution in [3.63, 3.8) is 0 Å². The third-order valence-corrected chi connectivity index (χ3v) is 7.19. The highest BCUT2D eigenvalue weighted by Crippen LogP contribution is 2.48. The maximum Gasteiger partial charge on any atom is 0.235 e. The zero-order chi connectivity index (χ0) is 16.3. The number of hydrogen-bond acceptors (Lipinski definition) is 2. The predicted molar refractivity (Wildman–Crippen MR) is 91.0 cm³/mol. The Morgan fingerprint density at radius 3 is 1.21 bits per heavy atom. The average Bonchev–Trinajstić information content (AvgIpc) is 3.33. The van der Waals surface area contributed by atoms with E-state index in [9.17, 15) is 9.59 Å². The van der Waals surface area contributed by atoms with Gasteiger partial charge in [-0.25, -0.2) is 0 Å². The van der Waals surface area contributed by atoms with Crippen LogP contribution >= 0.6 is 0 Å². The van der Waals surface area contributed by atoms with Crippen molar-refractivity contribution < 1.29 is 9.59 Å². The Labute approximate surface area is 144 Å². The lowest BCUT2D eigenvalue weighted by atomic mass is 9.67. The summed E-state index contributed by atoms with van der Waals surface area (Å²) in [6.45, 7) is 0. The molecule has 0 heterocycles. The predicted octanol–water partition coefficient (Wildman–Crippen LogP) is 2.77. The first-order valence-electron chi connectivity index (χ1n) is 10.3. The smallest absolute Gasteiger partial charge is 0.235 e. The third-order valence-electron chi connectivity index (χ3n) is 7.19. The van der Waals surface area contributed by atoms with Crippen molar-refractivity contribution in [1.82, 2.24) is 10.6 Å². The van der Waals surface area contributed by atoms with Gasteiger partial charge in [0, 0.05) is 12.1 Å². The van der Waals surface area contributed by atoms with E-state index in [1.807, 2.05) is 0 Å². The molecule has 0 aromatic rings. The van der Waals surface area contributed by atoms with Crippen LogP contribution in [0.4, 0.5) is 0 Å². The topological polar surface area (TPSA) is 58.2 Å². The van der Waals surface area contributed by atoms with Gasteiger partial charge in [0.05, 0.1) is 0 Å². The standard InChI is InChI=1S/C20H30N2O2/c23-18(21-16(12-2-3-12)13-4-5-13)20(10-1-11-20)19(24)22-17(14-6-7-14)15-8-9-15/h12-17H,1-11H2,(H,21,23)(H,22,24). The van der Waals surface area contributed by atoms with Gasteiger partial charge >= 0.3 is 0 Å². The Balaban J connectivity index is 1.26. The number of amides is 2. The molecule has 5 aliphatic rings. The molecule has 4 heteroatoms. The molecule has 2 N–H and O–H groups in total. The van der Waals surface area contributed by atoms with Gasteiger partial charge in [0.1, 0.15) is 5.41 Å². The third kappa shape index (κ3) is 2.76. The highest BCUT2D eigenvalue weighted by molar-refractivity contribution is 6.06. The normalized spacial score (nSPS) is 28.6. The van der Waals surface area contributed by atoms with Gasteiger partial charge in [-0.3, -0.25) is 9.59 Å². The molecule has 4 nitrogen and oxygen atoms in total. The molecule has 0 aliphatic heterocycles. The molecular formula is C20H30N2O2. The quantitative estimate of drug-likeness (QED) is 0.672. The first-order valence-corrected chi connectivity index (χ1v) is 10.3. The molecule has 5 rings (SSSR count). The summed E-state index contributed by atoms with van der Waals surface area (Å²) in [6.07, 6.45) is 12.5. The van der Waals surface area contributed by atoms with Gasteiger partial charge < -0.3 is 10.6 Å². The second kappa shape index (κ2) is 5.47. The number of rotatable bonds is 8. The number of carbonyl (C=O) groups is 2. The van der Waals surface area contributed by atoms with Gasteiger partial charge in [0.15, 0.2) is 0 Å². The van der Waals surface area contributed by atoms with E-state index in [4.69, 9.17) is 0 Å². The van der Waals surface area contributed by atoms with Crippen LogP contribution in [0.25, 0.3) is 0 Å². The fourth-order valence-corrected chi connectivity index (χ4v) is 4.73. The lowest BCUT2D eigenvalue weighted by Crippen LogP contribution is -2.59. The Kier molecular flexibility index (Phi) is 3.47. The van der Waals surface area contributed by atoms with E-state index in [1.165, 1.54) is 51.4 Å². The summed E-state index contributed by atoms with van der Waals surface area (Å²) in [7, 11) is 0. The second-order valence-corrected chi connectivity index (χ2v) is 9.28. The minimum atomic E-state index is -0.746. The zero-order valence-corrected chi connectivity index (χ0v) is 14.6. The Morgan fingerprint density at radius 1 is 0.667 bits per heavy atom. The Bertz CT molecular complexity index is 472. The monoisotopic (exact) mass is 330 g/mol. The first kappa shape index (κ1) is 15.2. The van der Waals surface area contributed by atoms with Gasteiger partial charge in [-0.1, -0.05) is 6.42 Å². The molecule has 0 radical (unpaired) electrons. The number of nitrogens with one attached hydrogen (secondary N) is 2. The molecule has 0 unspecified atom stereocenters. The van der Waals surface area contributed by atoms with Crippen molar-refractivity contribution in [3.05, 3.63) is 0 Å². The van der Waals surface area contributed by atoms with E-state index in [0.29, 0.717) is 35.8 Å². The maximum atomic E-state index is 13.0. The van der Waals surface area contributed by atoms with E-state index in [-0.39, 0.29) is 11.8 Å². The van der Waals surface area contributed by atoms with Crippen LogP contribution in [0.1, 0.15) is 70.6 Å². The summed E-state index contributed by atoms with van der Waals surface area (Å²) in [5, 5.41) is 6.66. The Morgan fingerprint density at radius 2 is 1.00 bits per heavy atom. The minimum absolute atomic E-state index is 0.0420. The average molecular weight is 330 g/mol. The molecule has 5 aliphatic carbocycles. The molecular weight excluding hydrogens is 300 g/mol. The highest BCUT2D eigenvalue weighted by atomic mass is 16.2. The number of hydrogen-bond donors (Lipinski definition) is 2. The fraction of sp³-hybridized carbons (Fsp3) is 0.900. The van der Waals surface area contributed by atoms with Crippen LogP contribution in [0, 0.1) is 29.1 Å². The van der Waals surface area contributed by atoms with Crippen LogP contribution in [-0.4, -0.2) is 23.9 Å². The van der Waals surface area contributed by atoms with Crippen molar-refractivity contribution >= 4 is 11.8 Å². The van der Waals surface area contributed by atoms with E-state index in [0.717, 1.165) is 19.3 Å². The van der Waals surface area contributed by atoms with Crippen LogP contribution in [0.3, 0.4) is 0 Å². The molecule has 24 heavy (non-hydrogen) atoms. The maximum absolute atomic E-state index is 13.0. The molecule has 0 aromatic carbocycles. The van der Waals surface area contributed by atoms with E-state index < -0.39 is 5.41 Å². The largest absolute Gasteiger partial charge is 0.352 e. The molecule has 132 valence electrons. The molecule has 0 aromatic heterocycles. The van der Waals surface area contributed by atoms with Gasteiger partial charge in [-0.2, -0.15) is 0 Å². The lowest BCUT2D eigenvalue weighted by molar-refractivity contribution is -0.150. The van der Waals surface area contributed by atoms with Crippen molar-refractivity contribution in [1.29, 1.82) is 0 Å². The molecule has 0 spiro atoms. The van der Waals surface area contributed by atoms with Gasteiger partial charge in [0.25, 0.3) is 0 Å². The summed E-state index contributed by atoms with van der Waals surface area (Å²) in [5.74, 6) is 2.83. The van der Waals surface area contributed by atoms with Crippen LogP contribution in [0.2, 0.25) is 0 Å². The minimum Gasteiger partial charge on any atom is -0.352 e. The van der Waals surface area contributed by atoms with Crippen molar-refractivity contribution in [3.8, 4) is 0 Å². The summed E-state index contributed by atoms with van der Waals surface area (Å²) in [5.41, 5.74) is -0.746. The van der Waals surface area contributed by atoms with Crippen LogP contribution < -0.4 is 10.6 Å². The zero-order valence-electron chi connectivity index (χ0n) is 14.6. The fourth-order valence-electron chi connectivity index (χ4n) is 4.73. The first-order chi connectivity index (χ1) is 11.7. The molecule has 0 saturated heterocycles. The molecule has 2 amide bonds. The highest BCUT2D eigenvalue weighted by Gasteiger charge is 2.54. The van der Waals surface area contributed by atoms with Crippen LogP contribution in [0.5, 0.6) is 0 Å². The van der Waals surface area contributed by atoms with Crippen LogP contribution in [-0.2, 0) is 9.59 Å². The molecule has 0 atom stereocenters. The van der Waals surface area contributed by atoms with E-state index >= 15 is 0 Å². The van der Waals surface area contributed by atoms with E-state index in [2.05, 4.69) is 10.6 Å². The van der Waals surface area contributed by atoms with Gasteiger partial charge in [-0.05, 0) is 87.9 Å². The van der Waals surface area contributed by atoms with E-state index in [1.54, 1.807) is 0 Å². The van der Waals surface area contributed by atoms with Crippen LogP contribution in [0.15, 0.2) is 0 Å². The lowest BCUT2D eigenvalue weighted by Gasteiger charge is -2.40. The summed E-state index contributed by atoms with van der Waals surface area (Å²) >= 11 is 0. The number of carbonyl (C=O) groups excluding carboxylic acids is 2. The summed E-state index contributed by atoms with van der Waals surface area (Å²) in [4.78, 5) is 26.1. The SMILES string of the molecule is O=C(NC(C1CC1)C1CC1)C1(C(=O)NC(C2CC2)C2CC2)CCC1. The summed E-state index contributed by atoms with van der Waals surface area (Å²) in [6, 6.07) is 0.705. The van der Waals surface area contributed by atoms with Gasteiger partial charge in [-0.15, -0.1) is 0 Å². The molecule has 0 bridgehead atoms. The van der Waals surface area contributed by atoms with Crippen molar-refractivity contribution in [2.75, 3.05) is 0 Å².